The van der Waals surface area contributed by atoms with Crippen LogP contribution in [-0.4, -0.2) is 53.3 Å². The number of nitrogens with zero attached hydrogens (tertiary/aromatic N) is 3. The minimum Gasteiger partial charge on any atom is -0.477 e. The number of carboxylic acids is 1. The number of piperidine rings is 1. The number of likely N-dealkylation sites (N-methyl/N-ethyl adjacent to an activating group) is 1. The van der Waals surface area contributed by atoms with E-state index in [-0.39, 0.29) is 23.0 Å². The number of anilines is 1. The molecule has 2 atom stereocenters. The minimum absolute atomic E-state index is 0.158. The second-order valence-corrected chi connectivity index (χ2v) is 8.61. The van der Waals surface area contributed by atoms with Gasteiger partial charge in [0.2, 0.25) is 5.43 Å². The van der Waals surface area contributed by atoms with Crippen molar-refractivity contribution in [3.63, 3.8) is 0 Å². The van der Waals surface area contributed by atoms with Crippen LogP contribution in [0.5, 0.6) is 0 Å². The van der Waals surface area contributed by atoms with Gasteiger partial charge in [0.15, 0.2) is 0 Å². The second kappa shape index (κ2) is 6.30. The molecule has 1 saturated carbocycles. The fraction of sp³-hybridized carbons (Fsp3) is 0.524. The van der Waals surface area contributed by atoms with Gasteiger partial charge >= 0.3 is 5.97 Å². The summed E-state index contributed by atoms with van der Waals surface area (Å²) in [7, 11) is 2.11. The van der Waals surface area contributed by atoms with E-state index in [1.54, 1.807) is 6.07 Å². The third-order valence-corrected chi connectivity index (χ3v) is 6.48. The zero-order valence-corrected chi connectivity index (χ0v) is 15.9. The van der Waals surface area contributed by atoms with Gasteiger partial charge in [0.05, 0.1) is 11.2 Å². The highest BCUT2D eigenvalue weighted by molar-refractivity contribution is 5.93. The first kappa shape index (κ1) is 17.7. The van der Waals surface area contributed by atoms with Gasteiger partial charge < -0.3 is 19.5 Å². The Morgan fingerprint density at radius 2 is 1.86 bits per heavy atom. The maximum atomic E-state index is 15.2. The number of benzene rings is 1. The van der Waals surface area contributed by atoms with Crippen LogP contribution < -0.4 is 10.3 Å². The third-order valence-electron chi connectivity index (χ3n) is 6.48. The van der Waals surface area contributed by atoms with E-state index < -0.39 is 17.2 Å². The van der Waals surface area contributed by atoms with E-state index in [9.17, 15) is 14.7 Å². The summed E-state index contributed by atoms with van der Waals surface area (Å²) in [5.74, 6) is -1.19. The number of aromatic nitrogens is 1. The second-order valence-electron chi connectivity index (χ2n) is 8.61. The van der Waals surface area contributed by atoms with Crippen LogP contribution in [0.15, 0.2) is 23.1 Å². The summed E-state index contributed by atoms with van der Waals surface area (Å²) in [5.41, 5.74) is 0.278. The van der Waals surface area contributed by atoms with E-state index in [2.05, 4.69) is 16.8 Å². The summed E-state index contributed by atoms with van der Waals surface area (Å²) in [5, 5.41) is 9.54. The Balaban J connectivity index is 1.68. The molecule has 1 aromatic heterocycles. The van der Waals surface area contributed by atoms with E-state index in [0.717, 1.165) is 45.3 Å². The van der Waals surface area contributed by atoms with Gasteiger partial charge in [-0.15, -0.1) is 0 Å². The van der Waals surface area contributed by atoms with Crippen molar-refractivity contribution >= 4 is 22.6 Å². The van der Waals surface area contributed by atoms with Gasteiger partial charge in [-0.1, -0.05) is 0 Å². The van der Waals surface area contributed by atoms with Crippen molar-refractivity contribution in [1.29, 1.82) is 0 Å². The molecule has 1 N–H and O–H groups in total. The normalized spacial score (nSPS) is 25.3. The van der Waals surface area contributed by atoms with Crippen molar-refractivity contribution in [2.45, 2.75) is 37.8 Å². The maximum Gasteiger partial charge on any atom is 0.341 e. The van der Waals surface area contributed by atoms with E-state index in [0.29, 0.717) is 17.1 Å². The van der Waals surface area contributed by atoms with E-state index in [1.807, 2.05) is 4.57 Å². The lowest BCUT2D eigenvalue weighted by Gasteiger charge is -2.38. The number of carbonyl (C=O) groups is 1. The molecule has 4 heterocycles. The Morgan fingerprint density at radius 1 is 1.11 bits per heavy atom. The average Bonchev–Trinajstić information content (AvgIpc) is 3.49. The number of hydrogen-bond acceptors (Lipinski definition) is 4. The molecule has 6 nitrogen and oxygen atoms in total. The topological polar surface area (TPSA) is 65.8 Å². The highest BCUT2D eigenvalue weighted by Crippen LogP contribution is 2.39. The monoisotopic (exact) mass is 385 g/mol. The molecular weight excluding hydrogens is 361 g/mol. The first-order valence-electron chi connectivity index (χ1n) is 9.99. The molecule has 2 unspecified atom stereocenters. The summed E-state index contributed by atoms with van der Waals surface area (Å²) in [4.78, 5) is 28.6. The lowest BCUT2D eigenvalue weighted by Crippen LogP contribution is -2.44. The zero-order valence-electron chi connectivity index (χ0n) is 15.9. The minimum atomic E-state index is -1.27. The molecule has 3 saturated heterocycles. The molecule has 2 bridgehead atoms. The number of pyridine rings is 1. The molecule has 0 amide bonds. The van der Waals surface area contributed by atoms with E-state index in [1.165, 1.54) is 12.3 Å². The highest BCUT2D eigenvalue weighted by atomic mass is 19.1. The molecule has 7 heteroatoms. The molecule has 0 radical (unpaired) electrons. The van der Waals surface area contributed by atoms with Crippen molar-refractivity contribution in [2.24, 2.45) is 5.92 Å². The van der Waals surface area contributed by atoms with Gasteiger partial charge in [-0.2, -0.15) is 0 Å². The van der Waals surface area contributed by atoms with Crippen LogP contribution in [0.4, 0.5) is 10.1 Å². The lowest BCUT2D eigenvalue weighted by atomic mass is 9.94. The molecule has 148 valence electrons. The third kappa shape index (κ3) is 2.80. The molecule has 6 rings (SSSR count). The molecule has 0 spiro atoms. The Morgan fingerprint density at radius 3 is 2.57 bits per heavy atom. The molecule has 1 aromatic carbocycles. The van der Waals surface area contributed by atoms with E-state index in [4.69, 9.17) is 0 Å². The summed E-state index contributed by atoms with van der Waals surface area (Å²) in [6.07, 6.45) is 5.54. The smallest absolute Gasteiger partial charge is 0.341 e. The van der Waals surface area contributed by atoms with Crippen LogP contribution in [-0.2, 0) is 0 Å². The molecule has 4 fully saturated rings. The first-order valence-corrected chi connectivity index (χ1v) is 9.99. The standard InChI is InChI=1S/C21H24FN3O3/c1-23-8-12-2-3-14(10-23)24(9-12)19-7-18-15(6-17(19)22)20(26)16(21(27)28)11-25(18)13-4-5-13/h6-7,11-14H,2-5,8-10H2,1H3,(H,27,28). The summed E-state index contributed by atoms with van der Waals surface area (Å²) in [6, 6.07) is 3.47. The Labute approximate surface area is 162 Å². The van der Waals surface area contributed by atoms with Crippen LogP contribution in [0.1, 0.15) is 42.1 Å². The summed E-state index contributed by atoms with van der Waals surface area (Å²) >= 11 is 0. The molecule has 1 aliphatic carbocycles. The fourth-order valence-electron chi connectivity index (χ4n) is 5.00. The number of rotatable bonds is 3. The maximum absolute atomic E-state index is 15.2. The summed E-state index contributed by atoms with van der Waals surface area (Å²) < 4.78 is 17.0. The van der Waals surface area contributed by atoms with Crippen molar-refractivity contribution in [3.05, 3.63) is 39.9 Å². The van der Waals surface area contributed by atoms with Crippen LogP contribution in [0.3, 0.4) is 0 Å². The van der Waals surface area contributed by atoms with Gasteiger partial charge in [0, 0.05) is 43.3 Å². The van der Waals surface area contributed by atoms with Crippen molar-refractivity contribution < 1.29 is 14.3 Å². The van der Waals surface area contributed by atoms with Gasteiger partial charge in [0.1, 0.15) is 11.4 Å². The number of carboxylic acid groups (broad SMARTS) is 1. The number of aromatic carboxylic acids is 1. The predicted molar refractivity (Wildman–Crippen MR) is 105 cm³/mol. The molecule has 2 aromatic rings. The molecule has 4 aliphatic rings. The van der Waals surface area contributed by atoms with Crippen LogP contribution in [0, 0.1) is 11.7 Å². The highest BCUT2D eigenvalue weighted by Gasteiger charge is 2.35. The van der Waals surface area contributed by atoms with Gasteiger partial charge in [-0.05, 0) is 50.8 Å². The summed E-state index contributed by atoms with van der Waals surface area (Å²) in [6.45, 7) is 2.75. The van der Waals surface area contributed by atoms with Crippen molar-refractivity contribution in [2.75, 3.05) is 31.6 Å². The lowest BCUT2D eigenvalue weighted by molar-refractivity contribution is 0.0695. The van der Waals surface area contributed by atoms with E-state index >= 15 is 4.39 Å². The van der Waals surface area contributed by atoms with Crippen LogP contribution >= 0.6 is 0 Å². The fourth-order valence-corrected chi connectivity index (χ4v) is 5.00. The first-order chi connectivity index (χ1) is 13.4. The number of fused-ring (bicyclic) bond motifs is 5. The van der Waals surface area contributed by atoms with Crippen molar-refractivity contribution in [1.82, 2.24) is 9.47 Å². The average molecular weight is 385 g/mol. The zero-order chi connectivity index (χ0) is 19.6. The Hall–Kier alpha value is -2.41. The number of halogens is 1. The Bertz CT molecular complexity index is 1030. The quantitative estimate of drug-likeness (QED) is 0.880. The van der Waals surface area contributed by atoms with Crippen molar-refractivity contribution in [3.8, 4) is 0 Å². The molecule has 3 aliphatic heterocycles. The Kier molecular flexibility index (Phi) is 3.98. The predicted octanol–water partition coefficient (Wildman–Crippen LogP) is 2.70. The van der Waals surface area contributed by atoms with Gasteiger partial charge in [-0.25, -0.2) is 9.18 Å². The van der Waals surface area contributed by atoms with Crippen LogP contribution in [0.25, 0.3) is 10.9 Å². The molecule has 28 heavy (non-hydrogen) atoms. The largest absolute Gasteiger partial charge is 0.477 e. The van der Waals surface area contributed by atoms with Gasteiger partial charge in [0.25, 0.3) is 0 Å². The van der Waals surface area contributed by atoms with Gasteiger partial charge in [-0.3, -0.25) is 4.79 Å². The molecular formula is C21H24FN3O3. The van der Waals surface area contributed by atoms with Crippen LogP contribution in [0.2, 0.25) is 0 Å². The number of hydrogen-bond donors (Lipinski definition) is 1. The SMILES string of the molecule is CN1CC2CCC(C1)N(c1cc3c(cc1F)c(=O)c(C(=O)O)cn3C1CC1)C2.